The number of likely N-dealkylation sites (tertiary alicyclic amines) is 1. The van der Waals surface area contributed by atoms with E-state index in [9.17, 15) is 9.90 Å². The summed E-state index contributed by atoms with van der Waals surface area (Å²) in [5.41, 5.74) is 8.39. The van der Waals surface area contributed by atoms with Crippen LogP contribution in [-0.4, -0.2) is 33.0 Å². The Bertz CT molecular complexity index is 1390. The van der Waals surface area contributed by atoms with Crippen molar-refractivity contribution < 1.29 is 14.6 Å². The van der Waals surface area contributed by atoms with Gasteiger partial charge in [-0.2, -0.15) is 0 Å². The van der Waals surface area contributed by atoms with E-state index in [1.807, 2.05) is 20.0 Å². The summed E-state index contributed by atoms with van der Waals surface area (Å²) in [5.74, 6) is 0.325. The van der Waals surface area contributed by atoms with Gasteiger partial charge in [0, 0.05) is 30.5 Å². The summed E-state index contributed by atoms with van der Waals surface area (Å²) >= 11 is 0. The molecule has 2 aliphatic heterocycles. The second-order valence-electron chi connectivity index (χ2n) is 12.5. The third kappa shape index (κ3) is 5.41. The van der Waals surface area contributed by atoms with E-state index in [4.69, 9.17) is 4.74 Å². The van der Waals surface area contributed by atoms with Gasteiger partial charge >= 0.3 is 5.97 Å². The Morgan fingerprint density at radius 3 is 2.45 bits per heavy atom. The maximum atomic E-state index is 11.9. The molecular formula is C35H42N2O3. The maximum Gasteiger partial charge on any atom is 0.306 e. The van der Waals surface area contributed by atoms with Crippen molar-refractivity contribution in [2.75, 3.05) is 0 Å². The summed E-state index contributed by atoms with van der Waals surface area (Å²) in [6, 6.07) is 18.8. The summed E-state index contributed by atoms with van der Waals surface area (Å²) in [6.45, 7) is 9.51. The zero-order valence-electron chi connectivity index (χ0n) is 24.3. The molecule has 6 rings (SSSR count). The molecule has 3 aromatic rings. The molecule has 1 N–H and O–H groups in total. The molecule has 0 spiro atoms. The van der Waals surface area contributed by atoms with Gasteiger partial charge in [-0.15, -0.1) is 0 Å². The van der Waals surface area contributed by atoms with Gasteiger partial charge in [0.05, 0.1) is 5.92 Å². The zero-order chi connectivity index (χ0) is 28.0. The summed E-state index contributed by atoms with van der Waals surface area (Å²) in [4.78, 5) is 18.9. The Kier molecular flexibility index (Phi) is 7.43. The number of benzene rings is 2. The molecule has 0 amide bonds. The van der Waals surface area contributed by atoms with E-state index in [0.717, 1.165) is 49.2 Å². The lowest BCUT2D eigenvalue weighted by atomic mass is 9.82. The number of fused-ring (bicyclic) bond motifs is 1. The fourth-order valence-electron chi connectivity index (χ4n) is 7.11. The first-order valence-electron chi connectivity index (χ1n) is 15.1. The third-order valence-electron chi connectivity index (χ3n) is 9.69. The first-order valence-corrected chi connectivity index (χ1v) is 15.1. The van der Waals surface area contributed by atoms with Crippen LogP contribution in [-0.2, 0) is 17.8 Å². The second-order valence-corrected chi connectivity index (χ2v) is 12.5. The molecule has 3 heterocycles. The van der Waals surface area contributed by atoms with Crippen molar-refractivity contribution in [2.24, 2.45) is 11.8 Å². The highest BCUT2D eigenvalue weighted by Gasteiger charge is 2.39. The van der Waals surface area contributed by atoms with Gasteiger partial charge in [-0.1, -0.05) is 31.2 Å². The summed E-state index contributed by atoms with van der Waals surface area (Å²) in [5, 5.41) is 9.79. The molecule has 1 aromatic heterocycles. The maximum absolute atomic E-state index is 11.9. The van der Waals surface area contributed by atoms with Gasteiger partial charge in [0.1, 0.15) is 11.9 Å². The predicted molar refractivity (Wildman–Crippen MR) is 159 cm³/mol. The van der Waals surface area contributed by atoms with Crippen LogP contribution >= 0.6 is 0 Å². The Hall–Kier alpha value is -3.18. The van der Waals surface area contributed by atoms with Gasteiger partial charge in [-0.25, -0.2) is 0 Å². The fourth-order valence-corrected chi connectivity index (χ4v) is 7.11. The van der Waals surface area contributed by atoms with Gasteiger partial charge in [-0.05, 0) is 129 Å². The fraction of sp³-hybridized carbons (Fsp3) is 0.486. The molecule has 5 atom stereocenters. The summed E-state index contributed by atoms with van der Waals surface area (Å²) in [7, 11) is 0. The van der Waals surface area contributed by atoms with Crippen LogP contribution in [0, 0.1) is 18.8 Å². The minimum Gasteiger partial charge on any atom is -0.485 e. The molecule has 5 heteroatoms. The lowest BCUT2D eigenvalue weighted by Crippen LogP contribution is -2.32. The van der Waals surface area contributed by atoms with E-state index in [0.29, 0.717) is 18.0 Å². The minimum atomic E-state index is -0.715. The molecule has 0 radical (unpaired) electrons. The number of aliphatic carboxylic acids is 1. The molecule has 1 saturated heterocycles. The van der Waals surface area contributed by atoms with Gasteiger partial charge in [0.15, 0.2) is 0 Å². The van der Waals surface area contributed by atoms with Gasteiger partial charge in [-0.3, -0.25) is 14.7 Å². The highest BCUT2D eigenvalue weighted by Crippen LogP contribution is 2.48. The van der Waals surface area contributed by atoms with Crippen LogP contribution in [0.15, 0.2) is 54.7 Å². The molecule has 40 heavy (non-hydrogen) atoms. The van der Waals surface area contributed by atoms with E-state index in [-0.39, 0.29) is 12.0 Å². The van der Waals surface area contributed by atoms with Crippen molar-refractivity contribution in [3.8, 4) is 16.9 Å². The van der Waals surface area contributed by atoms with Crippen molar-refractivity contribution in [2.45, 2.75) is 96.9 Å². The van der Waals surface area contributed by atoms with E-state index >= 15 is 0 Å². The molecule has 2 fully saturated rings. The van der Waals surface area contributed by atoms with Crippen molar-refractivity contribution in [3.63, 3.8) is 0 Å². The van der Waals surface area contributed by atoms with Crippen LogP contribution in [0.5, 0.6) is 5.75 Å². The van der Waals surface area contributed by atoms with Crippen molar-refractivity contribution in [3.05, 3.63) is 82.7 Å². The van der Waals surface area contributed by atoms with Crippen LogP contribution in [0.3, 0.4) is 0 Å². The standard InChI is InChI=1S/C35H42N2O3/c1-21-17-28(15-16-36-21)27-11-13-31(30(18-27)20-37-22(2)5-6-23(37)3)32-14-12-25-7-10-29(19-33(25)40-32)34(26-8-9-26)24(4)35(38)39/h7,10-11,13,15-19,22-24,26,32,34H,5-6,8-9,12,14,20H2,1-4H3,(H,38,39)/t22-,23+,24-,32?,34-/m0/s1. The smallest absolute Gasteiger partial charge is 0.306 e. The number of nitrogens with zero attached hydrogens (tertiary/aromatic N) is 2. The minimum absolute atomic E-state index is 0.0181. The second kappa shape index (κ2) is 11.0. The van der Waals surface area contributed by atoms with Crippen LogP contribution < -0.4 is 4.74 Å². The number of hydrogen-bond donors (Lipinski definition) is 1. The van der Waals surface area contributed by atoms with E-state index in [1.54, 1.807) is 0 Å². The lowest BCUT2D eigenvalue weighted by molar-refractivity contribution is -0.142. The average molecular weight is 539 g/mol. The third-order valence-corrected chi connectivity index (χ3v) is 9.69. The SMILES string of the molecule is Cc1cc(-c2ccc(C3CCc4ccc([C@H](C5CC5)[C@H](C)C(=O)O)cc4O3)c(CN3[C@H](C)CC[C@@H]3C)c2)ccn1. The van der Waals surface area contributed by atoms with Crippen molar-refractivity contribution in [1.82, 2.24) is 9.88 Å². The quantitative estimate of drug-likeness (QED) is 0.318. The molecule has 0 bridgehead atoms. The van der Waals surface area contributed by atoms with Crippen molar-refractivity contribution >= 4 is 5.97 Å². The van der Waals surface area contributed by atoms with Crippen LogP contribution in [0.1, 0.15) is 92.8 Å². The van der Waals surface area contributed by atoms with E-state index < -0.39 is 11.9 Å². The first-order chi connectivity index (χ1) is 19.3. The number of carbonyl (C=O) groups is 1. The average Bonchev–Trinajstić information content (AvgIpc) is 3.74. The van der Waals surface area contributed by atoms with E-state index in [2.05, 4.69) is 72.3 Å². The van der Waals surface area contributed by atoms with Crippen molar-refractivity contribution in [1.29, 1.82) is 0 Å². The Labute approximate surface area is 238 Å². The molecular weight excluding hydrogens is 496 g/mol. The number of rotatable bonds is 8. The largest absolute Gasteiger partial charge is 0.485 e. The van der Waals surface area contributed by atoms with Gasteiger partial charge in [0.2, 0.25) is 0 Å². The number of aryl methyl sites for hydroxylation is 2. The highest BCUT2D eigenvalue weighted by molar-refractivity contribution is 5.71. The topological polar surface area (TPSA) is 62.7 Å². The number of hydrogen-bond acceptors (Lipinski definition) is 4. The monoisotopic (exact) mass is 538 g/mol. The number of aromatic nitrogens is 1. The predicted octanol–water partition coefficient (Wildman–Crippen LogP) is 7.71. The Balaban J connectivity index is 1.33. The molecule has 210 valence electrons. The zero-order valence-corrected chi connectivity index (χ0v) is 24.3. The van der Waals surface area contributed by atoms with E-state index in [1.165, 1.54) is 40.7 Å². The number of pyridine rings is 1. The Morgan fingerprint density at radius 2 is 1.75 bits per heavy atom. The molecule has 1 saturated carbocycles. The number of carboxylic acids is 1. The van der Waals surface area contributed by atoms with Crippen LogP contribution in [0.25, 0.3) is 11.1 Å². The number of carboxylic acid groups (broad SMARTS) is 1. The number of ether oxygens (including phenoxy) is 1. The Morgan fingerprint density at radius 1 is 1.00 bits per heavy atom. The first kappa shape index (κ1) is 27.0. The van der Waals surface area contributed by atoms with Gasteiger partial charge in [0.25, 0.3) is 0 Å². The molecule has 5 nitrogen and oxygen atoms in total. The summed E-state index contributed by atoms with van der Waals surface area (Å²) in [6.07, 6.45) is 8.49. The summed E-state index contributed by atoms with van der Waals surface area (Å²) < 4.78 is 6.80. The molecule has 2 aromatic carbocycles. The highest BCUT2D eigenvalue weighted by atomic mass is 16.5. The van der Waals surface area contributed by atoms with Gasteiger partial charge < -0.3 is 9.84 Å². The van der Waals surface area contributed by atoms with Crippen LogP contribution in [0.4, 0.5) is 0 Å². The molecule has 1 aliphatic carbocycles. The molecule has 3 aliphatic rings. The lowest BCUT2D eigenvalue weighted by Gasteiger charge is -2.32. The normalized spacial score (nSPS) is 24.2. The van der Waals surface area contributed by atoms with Crippen LogP contribution in [0.2, 0.25) is 0 Å². The molecule has 1 unspecified atom stereocenters.